The van der Waals surface area contributed by atoms with Crippen molar-refractivity contribution < 1.29 is 10.4 Å². The van der Waals surface area contributed by atoms with Gasteiger partial charge in [0.2, 0.25) is 0 Å². The summed E-state index contributed by atoms with van der Waals surface area (Å²) in [4.78, 5) is 4.46. The average molecular weight is 296 g/mol. The Labute approximate surface area is 129 Å². The van der Waals surface area contributed by atoms with Gasteiger partial charge in [-0.25, -0.2) is 10.1 Å². The highest BCUT2D eigenvalue weighted by atomic mass is 16.6. The first-order valence-electron chi connectivity index (χ1n) is 7.08. The fourth-order valence-corrected chi connectivity index (χ4v) is 2.61. The molecule has 5 nitrogen and oxygen atoms in total. The molecule has 0 bridgehead atoms. The summed E-state index contributed by atoms with van der Waals surface area (Å²) in [6, 6.07) is 5.48. The number of terminal acetylenes is 1. The molecular weight excluding hydrogens is 278 g/mol. The summed E-state index contributed by atoms with van der Waals surface area (Å²) in [6.45, 7) is 7.25. The van der Waals surface area contributed by atoms with Crippen LogP contribution in [0.3, 0.4) is 0 Å². The Hall–Kier alpha value is -2.29. The number of hydrogen-bond acceptors (Lipinski definition) is 4. The quantitative estimate of drug-likeness (QED) is 0.731. The molecule has 0 aliphatic carbocycles. The Kier molecular flexibility index (Phi) is 2.90. The van der Waals surface area contributed by atoms with E-state index in [2.05, 4.69) is 10.9 Å². The Morgan fingerprint density at radius 3 is 2.45 bits per heavy atom. The van der Waals surface area contributed by atoms with Crippen molar-refractivity contribution in [3.05, 3.63) is 45.9 Å². The van der Waals surface area contributed by atoms with Crippen LogP contribution in [0.1, 0.15) is 33.3 Å². The molecule has 0 atom stereocenters. The van der Waals surface area contributed by atoms with Gasteiger partial charge in [-0.2, -0.15) is 5.06 Å². The third-order valence-corrected chi connectivity index (χ3v) is 4.89. The molecule has 1 radical (unpaired) electrons. The van der Waals surface area contributed by atoms with E-state index < -0.39 is 11.1 Å². The minimum atomic E-state index is -0.786. The number of fused-ring (bicyclic) bond motifs is 1. The van der Waals surface area contributed by atoms with Gasteiger partial charge in [0, 0.05) is 10.8 Å². The van der Waals surface area contributed by atoms with Gasteiger partial charge in [0.1, 0.15) is 5.70 Å². The van der Waals surface area contributed by atoms with E-state index in [0.717, 1.165) is 20.9 Å². The minimum Gasteiger partial charge on any atom is -0.286 e. The molecule has 2 heterocycles. The van der Waals surface area contributed by atoms with Crippen LogP contribution in [0.5, 0.6) is 0 Å². The number of hydroxylamine groups is 4. The number of allylic oxidation sites excluding steroid dienone is 1. The first-order chi connectivity index (χ1) is 10.2. The maximum Gasteiger partial charge on any atom is 0.183 e. The zero-order chi connectivity index (χ0) is 16.3. The maximum absolute atomic E-state index is 12.7. The predicted molar refractivity (Wildman–Crippen MR) is 81.0 cm³/mol. The van der Waals surface area contributed by atoms with E-state index >= 15 is 0 Å². The Morgan fingerprint density at radius 1 is 1.23 bits per heavy atom. The molecule has 1 saturated heterocycles. The molecule has 0 saturated carbocycles. The molecule has 0 unspecified atom stereocenters. The molecule has 1 aromatic rings. The van der Waals surface area contributed by atoms with Crippen LogP contribution in [0.15, 0.2) is 34.7 Å². The highest BCUT2D eigenvalue weighted by Crippen LogP contribution is 2.44. The molecule has 0 spiro atoms. The zero-order valence-electron chi connectivity index (χ0n) is 13.1. The second kappa shape index (κ2) is 4.35. The average Bonchev–Trinajstić information content (AvgIpc) is 2.92. The predicted octanol–water partition coefficient (Wildman–Crippen LogP) is 1.16. The van der Waals surface area contributed by atoms with Crippen LogP contribution in [0, 0.1) is 12.3 Å². The minimum absolute atomic E-state index is 0.161. The molecule has 2 aliphatic rings. The van der Waals surface area contributed by atoms with E-state index in [1.54, 1.807) is 26.0 Å². The van der Waals surface area contributed by atoms with Crippen molar-refractivity contribution in [2.75, 3.05) is 0 Å². The third-order valence-electron chi connectivity index (χ3n) is 4.89. The molecule has 2 aliphatic heterocycles. The summed E-state index contributed by atoms with van der Waals surface area (Å²) in [5, 5.41) is 26.6. The van der Waals surface area contributed by atoms with Gasteiger partial charge < -0.3 is 0 Å². The second-order valence-corrected chi connectivity index (χ2v) is 6.61. The van der Waals surface area contributed by atoms with E-state index in [1.165, 1.54) is 0 Å². The third kappa shape index (κ3) is 1.71. The molecule has 5 heteroatoms. The van der Waals surface area contributed by atoms with Crippen molar-refractivity contribution in [2.45, 2.75) is 38.8 Å². The molecule has 1 aromatic carbocycles. The van der Waals surface area contributed by atoms with Crippen LogP contribution >= 0.6 is 0 Å². The van der Waals surface area contributed by atoms with Gasteiger partial charge in [0.25, 0.3) is 0 Å². The van der Waals surface area contributed by atoms with Crippen molar-refractivity contribution in [3.8, 4) is 12.3 Å². The van der Waals surface area contributed by atoms with Gasteiger partial charge in [0.15, 0.2) is 5.82 Å². The fraction of sp³-hybridized carbons (Fsp3) is 0.353. The van der Waals surface area contributed by atoms with Crippen molar-refractivity contribution in [1.82, 2.24) is 10.1 Å². The number of benzene rings is 1. The molecule has 0 aromatic heterocycles. The van der Waals surface area contributed by atoms with Gasteiger partial charge in [0.05, 0.1) is 16.4 Å². The Morgan fingerprint density at radius 2 is 1.91 bits per heavy atom. The fourth-order valence-electron chi connectivity index (χ4n) is 2.61. The van der Waals surface area contributed by atoms with Gasteiger partial charge in [-0.15, -0.1) is 6.42 Å². The van der Waals surface area contributed by atoms with Crippen LogP contribution in [0.25, 0.3) is 6.08 Å². The molecular formula is C17H18N3O2. The van der Waals surface area contributed by atoms with Crippen molar-refractivity contribution in [2.24, 2.45) is 4.99 Å². The van der Waals surface area contributed by atoms with Crippen LogP contribution in [0.4, 0.5) is 0 Å². The molecule has 0 amide bonds. The largest absolute Gasteiger partial charge is 0.286 e. The van der Waals surface area contributed by atoms with Crippen LogP contribution < -0.4 is 10.6 Å². The number of hydrogen-bond donors (Lipinski definition) is 1. The lowest BCUT2D eigenvalue weighted by Gasteiger charge is -2.36. The first kappa shape index (κ1) is 14.6. The zero-order valence-corrected chi connectivity index (χ0v) is 13.1. The van der Waals surface area contributed by atoms with E-state index in [9.17, 15) is 10.4 Å². The summed E-state index contributed by atoms with van der Waals surface area (Å²) >= 11 is 0. The smallest absolute Gasteiger partial charge is 0.183 e. The lowest BCUT2D eigenvalue weighted by atomic mass is 9.84. The summed E-state index contributed by atoms with van der Waals surface area (Å²) < 4.78 is 0. The van der Waals surface area contributed by atoms with Crippen molar-refractivity contribution >= 4 is 6.08 Å². The molecule has 1 fully saturated rings. The summed E-state index contributed by atoms with van der Waals surface area (Å²) in [5.74, 6) is 2.72. The van der Waals surface area contributed by atoms with Crippen LogP contribution in [0.2, 0.25) is 0 Å². The summed E-state index contributed by atoms with van der Waals surface area (Å²) in [7, 11) is 0. The maximum atomic E-state index is 12.7. The molecule has 113 valence electrons. The molecule has 1 N–H and O–H groups in total. The highest BCUT2D eigenvalue weighted by molar-refractivity contribution is 5.53. The van der Waals surface area contributed by atoms with Crippen LogP contribution in [-0.2, 0) is 5.21 Å². The highest BCUT2D eigenvalue weighted by Gasteiger charge is 2.57. The second-order valence-electron chi connectivity index (χ2n) is 6.61. The normalized spacial score (nSPS) is 24.6. The SMILES string of the molecule is C#Cc1ccc2c(c1)=N/C(=C1/N([O])C(C)(C)C(C)(C)N1O)C=2. The van der Waals surface area contributed by atoms with E-state index in [1.807, 2.05) is 26.0 Å². The van der Waals surface area contributed by atoms with Crippen LogP contribution in [-0.4, -0.2) is 26.4 Å². The monoisotopic (exact) mass is 296 g/mol. The van der Waals surface area contributed by atoms with E-state index in [4.69, 9.17) is 6.42 Å². The summed E-state index contributed by atoms with van der Waals surface area (Å²) in [6.07, 6.45) is 7.18. The number of nitrogens with zero attached hydrogens (tertiary/aromatic N) is 3. The van der Waals surface area contributed by atoms with E-state index in [-0.39, 0.29) is 5.82 Å². The van der Waals surface area contributed by atoms with E-state index in [0.29, 0.717) is 11.1 Å². The number of rotatable bonds is 0. The lowest BCUT2D eigenvalue weighted by molar-refractivity contribution is -0.181. The van der Waals surface area contributed by atoms with Crippen molar-refractivity contribution in [1.29, 1.82) is 0 Å². The van der Waals surface area contributed by atoms with Gasteiger partial charge in [-0.1, -0.05) is 17.2 Å². The molecule has 22 heavy (non-hydrogen) atoms. The molecule has 3 rings (SSSR count). The lowest BCUT2D eigenvalue weighted by Crippen LogP contribution is -2.52. The Bertz CT molecular complexity index is 822. The van der Waals surface area contributed by atoms with Gasteiger partial charge >= 0.3 is 0 Å². The topological polar surface area (TPSA) is 59.0 Å². The first-order valence-corrected chi connectivity index (χ1v) is 7.08. The standard InChI is InChI=1S/C17H18N3O2/c1-6-11-7-8-12-10-14(18-13(12)9-11)15-19(21)16(2,3)17(4,5)20(15)22/h1,7-10,21H,2-5H3/b15-14+. The Balaban J connectivity index is 2.21. The summed E-state index contributed by atoms with van der Waals surface area (Å²) in [5.41, 5.74) is -0.347. The van der Waals surface area contributed by atoms with Gasteiger partial charge in [-0.3, -0.25) is 5.21 Å². The van der Waals surface area contributed by atoms with Gasteiger partial charge in [-0.05, 0) is 45.9 Å². The van der Waals surface area contributed by atoms with Crippen molar-refractivity contribution in [3.63, 3.8) is 0 Å².